The van der Waals surface area contributed by atoms with Crippen molar-refractivity contribution in [3.05, 3.63) is 29.8 Å². The van der Waals surface area contributed by atoms with Gasteiger partial charge in [0.05, 0.1) is 11.5 Å². The van der Waals surface area contributed by atoms with E-state index in [2.05, 4.69) is 6.07 Å². The van der Waals surface area contributed by atoms with Gasteiger partial charge in [0.25, 0.3) is 0 Å². The van der Waals surface area contributed by atoms with Crippen molar-refractivity contribution in [2.24, 2.45) is 0 Å². The van der Waals surface area contributed by atoms with Crippen molar-refractivity contribution in [1.82, 2.24) is 0 Å². The molecule has 1 aromatic rings. The lowest BCUT2D eigenvalue weighted by Crippen LogP contribution is -2.13. The van der Waals surface area contributed by atoms with Gasteiger partial charge in [-0.05, 0) is 31.5 Å². The first-order valence-electron chi connectivity index (χ1n) is 3.77. The van der Waals surface area contributed by atoms with Crippen molar-refractivity contribution in [3.63, 3.8) is 0 Å². The number of benzene rings is 1. The molecule has 1 aromatic carbocycles. The zero-order chi connectivity index (χ0) is 9.19. The van der Waals surface area contributed by atoms with E-state index in [1.54, 1.807) is 18.2 Å². The quantitative estimate of drug-likeness (QED) is 0.686. The highest BCUT2D eigenvalue weighted by molar-refractivity contribution is 5.35. The van der Waals surface area contributed by atoms with Gasteiger partial charge < -0.3 is 5.11 Å². The Labute approximate surface area is 72.1 Å². The highest BCUT2D eigenvalue weighted by Crippen LogP contribution is 2.24. The molecule has 0 aliphatic heterocycles. The minimum absolute atomic E-state index is 0.204. The van der Waals surface area contributed by atoms with E-state index in [1.165, 1.54) is 0 Å². The van der Waals surface area contributed by atoms with Gasteiger partial charge in [-0.3, -0.25) is 0 Å². The van der Waals surface area contributed by atoms with Gasteiger partial charge in [0.1, 0.15) is 5.75 Å². The van der Waals surface area contributed by atoms with Gasteiger partial charge in [-0.15, -0.1) is 0 Å². The second-order valence-electron chi connectivity index (χ2n) is 3.29. The topological polar surface area (TPSA) is 44.0 Å². The van der Waals surface area contributed by atoms with Gasteiger partial charge in [0.15, 0.2) is 0 Å². The first-order chi connectivity index (χ1) is 5.56. The van der Waals surface area contributed by atoms with Crippen LogP contribution in [-0.4, -0.2) is 5.11 Å². The van der Waals surface area contributed by atoms with E-state index in [0.29, 0.717) is 0 Å². The van der Waals surface area contributed by atoms with Crippen LogP contribution in [0.4, 0.5) is 0 Å². The molecule has 1 N–H and O–H groups in total. The Balaban J connectivity index is 3.14. The summed E-state index contributed by atoms with van der Waals surface area (Å²) in [7, 11) is 0. The maximum Gasteiger partial charge on any atom is 0.115 e. The second kappa shape index (κ2) is 2.86. The summed E-state index contributed by atoms with van der Waals surface area (Å²) in [5.74, 6) is 0.204. The minimum Gasteiger partial charge on any atom is -0.508 e. The zero-order valence-corrected chi connectivity index (χ0v) is 7.20. The molecule has 0 saturated carbocycles. The number of hydrogen-bond acceptors (Lipinski definition) is 2. The van der Waals surface area contributed by atoms with Crippen LogP contribution in [0.15, 0.2) is 24.3 Å². The minimum atomic E-state index is -0.529. The molecule has 0 aromatic heterocycles. The molecule has 0 amide bonds. The fourth-order valence-corrected chi connectivity index (χ4v) is 0.959. The molecule has 0 heterocycles. The average molecular weight is 161 g/mol. The summed E-state index contributed by atoms with van der Waals surface area (Å²) in [5.41, 5.74) is 0.309. The number of aromatic hydroxyl groups is 1. The molecule has 0 spiro atoms. The Morgan fingerprint density at radius 3 is 2.58 bits per heavy atom. The first kappa shape index (κ1) is 8.61. The number of phenolic OH excluding ortho intramolecular Hbond substituents is 1. The number of hydrogen-bond donors (Lipinski definition) is 1. The summed E-state index contributed by atoms with van der Waals surface area (Å²) in [4.78, 5) is 0. The smallest absolute Gasteiger partial charge is 0.115 e. The molecular formula is C10H11NO. The van der Waals surface area contributed by atoms with Crippen molar-refractivity contribution < 1.29 is 5.11 Å². The van der Waals surface area contributed by atoms with Crippen LogP contribution in [0.5, 0.6) is 5.75 Å². The van der Waals surface area contributed by atoms with Crippen LogP contribution in [-0.2, 0) is 5.41 Å². The standard InChI is InChI=1S/C10H11NO/c1-10(2,7-11)8-4-3-5-9(12)6-8/h3-6,12H,1-2H3. The number of nitriles is 1. The number of rotatable bonds is 1. The van der Waals surface area contributed by atoms with Crippen molar-refractivity contribution in [2.45, 2.75) is 19.3 Å². The highest BCUT2D eigenvalue weighted by Gasteiger charge is 2.19. The number of nitrogens with zero attached hydrogens (tertiary/aromatic N) is 1. The molecule has 2 heteroatoms. The SMILES string of the molecule is CC(C)(C#N)c1cccc(O)c1. The third kappa shape index (κ3) is 1.57. The largest absolute Gasteiger partial charge is 0.508 e. The number of phenols is 1. The fourth-order valence-electron chi connectivity index (χ4n) is 0.959. The maximum absolute atomic E-state index is 9.16. The van der Waals surface area contributed by atoms with Gasteiger partial charge in [-0.1, -0.05) is 12.1 Å². The summed E-state index contributed by atoms with van der Waals surface area (Å²) in [6.07, 6.45) is 0. The van der Waals surface area contributed by atoms with Crippen LogP contribution in [0, 0.1) is 11.3 Å². The molecule has 0 radical (unpaired) electrons. The van der Waals surface area contributed by atoms with E-state index in [9.17, 15) is 0 Å². The summed E-state index contributed by atoms with van der Waals surface area (Å²) in [6.45, 7) is 3.64. The first-order valence-corrected chi connectivity index (χ1v) is 3.77. The van der Waals surface area contributed by atoms with Gasteiger partial charge in [-0.2, -0.15) is 5.26 Å². The third-order valence-corrected chi connectivity index (χ3v) is 1.85. The Kier molecular flexibility index (Phi) is 2.05. The molecule has 0 atom stereocenters. The van der Waals surface area contributed by atoms with Gasteiger partial charge in [-0.25, -0.2) is 0 Å². The molecule has 2 nitrogen and oxygen atoms in total. The van der Waals surface area contributed by atoms with Crippen LogP contribution >= 0.6 is 0 Å². The van der Waals surface area contributed by atoms with E-state index < -0.39 is 5.41 Å². The Hall–Kier alpha value is -1.49. The third-order valence-electron chi connectivity index (χ3n) is 1.85. The molecule has 0 aliphatic rings. The molecule has 62 valence electrons. The zero-order valence-electron chi connectivity index (χ0n) is 7.20. The molecule has 0 saturated heterocycles. The van der Waals surface area contributed by atoms with Crippen LogP contribution in [0.3, 0.4) is 0 Å². The molecule has 0 bridgehead atoms. The van der Waals surface area contributed by atoms with Crippen LogP contribution < -0.4 is 0 Å². The fraction of sp³-hybridized carbons (Fsp3) is 0.300. The normalized spacial score (nSPS) is 10.8. The van der Waals surface area contributed by atoms with Crippen LogP contribution in [0.1, 0.15) is 19.4 Å². The molecule has 0 unspecified atom stereocenters. The molecular weight excluding hydrogens is 150 g/mol. The summed E-state index contributed by atoms with van der Waals surface area (Å²) in [5, 5.41) is 18.0. The van der Waals surface area contributed by atoms with Crippen LogP contribution in [0.25, 0.3) is 0 Å². The Bertz CT molecular complexity index is 323. The lowest BCUT2D eigenvalue weighted by molar-refractivity contribution is 0.473. The van der Waals surface area contributed by atoms with E-state index in [-0.39, 0.29) is 5.75 Å². The van der Waals surface area contributed by atoms with E-state index in [1.807, 2.05) is 19.9 Å². The van der Waals surface area contributed by atoms with E-state index in [4.69, 9.17) is 10.4 Å². The van der Waals surface area contributed by atoms with Gasteiger partial charge in [0, 0.05) is 0 Å². The van der Waals surface area contributed by atoms with Gasteiger partial charge >= 0.3 is 0 Å². The van der Waals surface area contributed by atoms with Crippen molar-refractivity contribution >= 4 is 0 Å². The summed E-state index contributed by atoms with van der Waals surface area (Å²) in [6, 6.07) is 8.96. The van der Waals surface area contributed by atoms with Crippen molar-refractivity contribution in [3.8, 4) is 11.8 Å². The molecule has 0 aliphatic carbocycles. The predicted molar refractivity (Wildman–Crippen MR) is 46.7 cm³/mol. The predicted octanol–water partition coefficient (Wildman–Crippen LogP) is 2.19. The Morgan fingerprint density at radius 1 is 1.42 bits per heavy atom. The maximum atomic E-state index is 9.16. The van der Waals surface area contributed by atoms with E-state index >= 15 is 0 Å². The van der Waals surface area contributed by atoms with Crippen molar-refractivity contribution in [1.29, 1.82) is 5.26 Å². The Morgan fingerprint density at radius 2 is 2.08 bits per heavy atom. The average Bonchev–Trinajstić information content (AvgIpc) is 2.05. The lowest BCUT2D eigenvalue weighted by Gasteiger charge is -2.15. The molecule has 0 fully saturated rings. The molecule has 12 heavy (non-hydrogen) atoms. The van der Waals surface area contributed by atoms with Crippen LogP contribution in [0.2, 0.25) is 0 Å². The van der Waals surface area contributed by atoms with Gasteiger partial charge in [0.2, 0.25) is 0 Å². The lowest BCUT2D eigenvalue weighted by atomic mass is 9.86. The van der Waals surface area contributed by atoms with Crippen molar-refractivity contribution in [2.75, 3.05) is 0 Å². The monoisotopic (exact) mass is 161 g/mol. The summed E-state index contributed by atoms with van der Waals surface area (Å²) >= 11 is 0. The van der Waals surface area contributed by atoms with E-state index in [0.717, 1.165) is 5.56 Å². The second-order valence-corrected chi connectivity index (χ2v) is 3.29. The molecule has 1 rings (SSSR count). The highest BCUT2D eigenvalue weighted by atomic mass is 16.3. The summed E-state index contributed by atoms with van der Waals surface area (Å²) < 4.78 is 0.